The molecule has 0 aromatic heterocycles. The van der Waals surface area contributed by atoms with Crippen LogP contribution in [0.15, 0.2) is 18.2 Å². The van der Waals surface area contributed by atoms with Crippen molar-refractivity contribution in [1.82, 2.24) is 0 Å². The number of aryl methyl sites for hydroxylation is 1. The molecule has 0 saturated carbocycles. The number of carbonyl (C=O) groups excluding carboxylic acids is 1. The molecule has 0 radical (unpaired) electrons. The van der Waals surface area contributed by atoms with Crippen molar-refractivity contribution in [3.05, 3.63) is 29.6 Å². The summed E-state index contributed by atoms with van der Waals surface area (Å²) in [4.78, 5) is 11.1. The molecule has 0 unspecified atom stereocenters. The number of methoxy groups -OCH3 is 1. The fourth-order valence-corrected chi connectivity index (χ4v) is 1.39. The van der Waals surface area contributed by atoms with E-state index in [0.717, 1.165) is 5.56 Å². The Morgan fingerprint density at radius 1 is 1.47 bits per heavy atom. The number of hydrogen-bond acceptors (Lipinski definition) is 2. The van der Waals surface area contributed by atoms with E-state index in [1.807, 2.05) is 6.92 Å². The average Bonchev–Trinajstić information content (AvgIpc) is 2.26. The molecule has 1 aromatic rings. The van der Waals surface area contributed by atoms with E-state index in [4.69, 9.17) is 4.74 Å². The van der Waals surface area contributed by atoms with Crippen molar-refractivity contribution in [3.8, 4) is 5.75 Å². The first-order valence-corrected chi connectivity index (χ1v) is 5.01. The lowest BCUT2D eigenvalue weighted by Gasteiger charge is -2.07. The highest BCUT2D eigenvalue weighted by molar-refractivity contribution is 5.78. The molecule has 1 aromatic carbocycles. The lowest BCUT2D eigenvalue weighted by Crippen LogP contribution is -2.00. The van der Waals surface area contributed by atoms with Crippen molar-refractivity contribution < 1.29 is 13.9 Å². The Hall–Kier alpha value is -1.38. The smallest absolute Gasteiger partial charge is 0.132 e. The summed E-state index contributed by atoms with van der Waals surface area (Å²) in [5.74, 6) is 0.524. The second-order valence-electron chi connectivity index (χ2n) is 3.35. The van der Waals surface area contributed by atoms with E-state index in [2.05, 4.69) is 0 Å². The average molecular weight is 210 g/mol. The van der Waals surface area contributed by atoms with Crippen molar-refractivity contribution in [3.63, 3.8) is 0 Å². The van der Waals surface area contributed by atoms with E-state index in [9.17, 15) is 9.18 Å². The van der Waals surface area contributed by atoms with Crippen LogP contribution in [0.4, 0.5) is 4.39 Å². The van der Waals surface area contributed by atoms with Gasteiger partial charge in [0.25, 0.3) is 0 Å². The van der Waals surface area contributed by atoms with Gasteiger partial charge in [-0.3, -0.25) is 4.79 Å². The molecule has 0 aliphatic carbocycles. The predicted molar refractivity (Wildman–Crippen MR) is 56.6 cm³/mol. The third-order valence-electron chi connectivity index (χ3n) is 2.31. The van der Waals surface area contributed by atoms with Crippen LogP contribution in [-0.2, 0) is 11.2 Å². The van der Waals surface area contributed by atoms with Crippen LogP contribution in [0.2, 0.25) is 0 Å². The number of ether oxygens (including phenoxy) is 1. The van der Waals surface area contributed by atoms with Gasteiger partial charge in [-0.05, 0) is 30.2 Å². The van der Waals surface area contributed by atoms with Crippen LogP contribution in [0.3, 0.4) is 0 Å². The van der Waals surface area contributed by atoms with Gasteiger partial charge < -0.3 is 4.74 Å². The minimum Gasteiger partial charge on any atom is -0.496 e. The lowest BCUT2D eigenvalue weighted by atomic mass is 10.1. The molecule has 2 nitrogen and oxygen atoms in total. The van der Waals surface area contributed by atoms with Gasteiger partial charge in [-0.1, -0.05) is 6.92 Å². The third kappa shape index (κ3) is 3.35. The lowest BCUT2D eigenvalue weighted by molar-refractivity contribution is -0.118. The number of Topliss-reactive ketones (excluding diaryl/α,β-unsaturated/α-hetero) is 1. The molecule has 0 fully saturated rings. The molecule has 1 rings (SSSR count). The topological polar surface area (TPSA) is 26.3 Å². The first-order valence-electron chi connectivity index (χ1n) is 5.01. The van der Waals surface area contributed by atoms with Gasteiger partial charge >= 0.3 is 0 Å². The molecule has 15 heavy (non-hydrogen) atoms. The maximum absolute atomic E-state index is 12.9. The van der Waals surface area contributed by atoms with Crippen LogP contribution in [0.25, 0.3) is 0 Å². The summed E-state index contributed by atoms with van der Waals surface area (Å²) < 4.78 is 18.0. The normalized spacial score (nSPS) is 10.1. The van der Waals surface area contributed by atoms with Gasteiger partial charge in [0.1, 0.15) is 17.3 Å². The Bertz CT molecular complexity index is 347. The van der Waals surface area contributed by atoms with E-state index in [1.54, 1.807) is 13.2 Å². The Labute approximate surface area is 89.1 Å². The summed E-state index contributed by atoms with van der Waals surface area (Å²) in [6, 6.07) is 4.35. The van der Waals surface area contributed by atoms with Gasteiger partial charge in [-0.25, -0.2) is 4.39 Å². The fourth-order valence-electron chi connectivity index (χ4n) is 1.39. The second-order valence-corrected chi connectivity index (χ2v) is 3.35. The Morgan fingerprint density at radius 3 is 2.80 bits per heavy atom. The SMILES string of the molecule is CCC(=O)CCc1cc(F)ccc1OC. The maximum Gasteiger partial charge on any atom is 0.132 e. The number of hydrogen-bond donors (Lipinski definition) is 0. The zero-order valence-electron chi connectivity index (χ0n) is 9.05. The molecule has 0 bridgehead atoms. The standard InChI is InChI=1S/C12H15FO2/c1-3-11(14)6-4-9-8-10(13)5-7-12(9)15-2/h5,7-8H,3-4,6H2,1-2H3. The summed E-state index contributed by atoms with van der Waals surface area (Å²) >= 11 is 0. The van der Waals surface area contributed by atoms with Gasteiger partial charge in [0, 0.05) is 12.8 Å². The monoisotopic (exact) mass is 210 g/mol. The third-order valence-corrected chi connectivity index (χ3v) is 2.31. The van der Waals surface area contributed by atoms with Gasteiger partial charge in [-0.15, -0.1) is 0 Å². The predicted octanol–water partition coefficient (Wildman–Crippen LogP) is 2.75. The molecule has 0 heterocycles. The van der Waals surface area contributed by atoms with Crippen LogP contribution in [0, 0.1) is 5.82 Å². The molecule has 0 amide bonds. The zero-order valence-corrected chi connectivity index (χ0v) is 9.05. The number of carbonyl (C=O) groups is 1. The molecule has 0 spiro atoms. The Balaban J connectivity index is 2.74. The summed E-state index contributed by atoms with van der Waals surface area (Å²) in [7, 11) is 1.54. The van der Waals surface area contributed by atoms with Crippen LogP contribution >= 0.6 is 0 Å². The van der Waals surface area contributed by atoms with Crippen molar-refractivity contribution >= 4 is 5.78 Å². The molecule has 0 N–H and O–H groups in total. The molecule has 3 heteroatoms. The van der Waals surface area contributed by atoms with Gasteiger partial charge in [0.2, 0.25) is 0 Å². The van der Waals surface area contributed by atoms with Crippen LogP contribution < -0.4 is 4.74 Å². The van der Waals surface area contributed by atoms with Crippen LogP contribution in [0.5, 0.6) is 5.75 Å². The van der Waals surface area contributed by atoms with E-state index in [0.29, 0.717) is 25.0 Å². The minimum absolute atomic E-state index is 0.182. The van der Waals surface area contributed by atoms with Gasteiger partial charge in [0.05, 0.1) is 7.11 Å². The molecule has 0 saturated heterocycles. The summed E-state index contributed by atoms with van der Waals surface area (Å²) in [5.41, 5.74) is 0.749. The van der Waals surface area contributed by atoms with Crippen molar-refractivity contribution in [1.29, 1.82) is 0 Å². The quantitative estimate of drug-likeness (QED) is 0.747. The summed E-state index contributed by atoms with van der Waals surface area (Å²) in [6.45, 7) is 1.82. The zero-order chi connectivity index (χ0) is 11.3. The number of rotatable bonds is 5. The van der Waals surface area contributed by atoms with E-state index in [-0.39, 0.29) is 11.6 Å². The van der Waals surface area contributed by atoms with Gasteiger partial charge in [0.15, 0.2) is 0 Å². The molecule has 82 valence electrons. The van der Waals surface area contributed by atoms with E-state index in [1.165, 1.54) is 12.1 Å². The van der Waals surface area contributed by atoms with Crippen molar-refractivity contribution in [2.75, 3.05) is 7.11 Å². The molecular weight excluding hydrogens is 195 g/mol. The number of benzene rings is 1. The molecule has 0 atom stereocenters. The largest absolute Gasteiger partial charge is 0.496 e. The Kier molecular flexibility index (Phi) is 4.28. The van der Waals surface area contributed by atoms with Crippen LogP contribution in [-0.4, -0.2) is 12.9 Å². The fraction of sp³-hybridized carbons (Fsp3) is 0.417. The highest BCUT2D eigenvalue weighted by Gasteiger charge is 2.06. The van der Waals surface area contributed by atoms with Crippen molar-refractivity contribution in [2.24, 2.45) is 0 Å². The first kappa shape index (κ1) is 11.7. The van der Waals surface area contributed by atoms with E-state index < -0.39 is 0 Å². The first-order chi connectivity index (χ1) is 7.17. The molecule has 0 aliphatic heterocycles. The van der Waals surface area contributed by atoms with Gasteiger partial charge in [-0.2, -0.15) is 0 Å². The summed E-state index contributed by atoms with van der Waals surface area (Å²) in [5, 5.41) is 0. The highest BCUT2D eigenvalue weighted by Crippen LogP contribution is 2.20. The van der Waals surface area contributed by atoms with Crippen molar-refractivity contribution in [2.45, 2.75) is 26.2 Å². The summed E-state index contributed by atoms with van der Waals surface area (Å²) in [6.07, 6.45) is 1.50. The minimum atomic E-state index is -0.297. The highest BCUT2D eigenvalue weighted by atomic mass is 19.1. The maximum atomic E-state index is 12.9. The second kappa shape index (κ2) is 5.49. The molecule has 0 aliphatic rings. The number of halogens is 1. The molecular formula is C12H15FO2. The van der Waals surface area contributed by atoms with E-state index >= 15 is 0 Å². The number of ketones is 1. The Morgan fingerprint density at radius 2 is 2.20 bits per heavy atom. The van der Waals surface area contributed by atoms with Crippen LogP contribution in [0.1, 0.15) is 25.3 Å².